The van der Waals surface area contributed by atoms with Gasteiger partial charge in [0.15, 0.2) is 18.3 Å². The Labute approximate surface area is 152 Å². The number of benzene rings is 1. The van der Waals surface area contributed by atoms with Gasteiger partial charge >= 0.3 is 0 Å². The smallest absolute Gasteiger partial charge is 0.220 e. The van der Waals surface area contributed by atoms with E-state index in [2.05, 4.69) is 10.6 Å². The zero-order valence-electron chi connectivity index (χ0n) is 14.9. The molecule has 0 saturated heterocycles. The minimum atomic E-state index is -0.346. The van der Waals surface area contributed by atoms with Crippen molar-refractivity contribution in [1.82, 2.24) is 5.32 Å². The number of ether oxygens (including phenoxy) is 1. The van der Waals surface area contributed by atoms with Gasteiger partial charge in [-0.2, -0.15) is 0 Å². The van der Waals surface area contributed by atoms with E-state index in [0.29, 0.717) is 12.2 Å². The van der Waals surface area contributed by atoms with Crippen molar-refractivity contribution in [3.8, 4) is 0 Å². The topological polar surface area (TPSA) is 111 Å². The fraction of sp³-hybridized carbons (Fsp3) is 0.316. The highest BCUT2D eigenvalue weighted by atomic mass is 16.5. The molecule has 0 aliphatic heterocycles. The highest BCUT2D eigenvalue weighted by Crippen LogP contribution is 2.29. The van der Waals surface area contributed by atoms with E-state index in [0.717, 1.165) is 17.7 Å². The summed E-state index contributed by atoms with van der Waals surface area (Å²) in [6.45, 7) is 4.02. The molecule has 0 bridgehead atoms. The minimum absolute atomic E-state index is 0.00674. The summed E-state index contributed by atoms with van der Waals surface area (Å²) in [6, 6.07) is 5.44. The summed E-state index contributed by atoms with van der Waals surface area (Å²) in [5.41, 5.74) is 8.27. The van der Waals surface area contributed by atoms with E-state index < -0.39 is 0 Å². The maximum atomic E-state index is 11.7. The van der Waals surface area contributed by atoms with Gasteiger partial charge in [0, 0.05) is 36.8 Å². The fourth-order valence-electron chi connectivity index (χ4n) is 2.61. The normalized spacial score (nSPS) is 14.6. The molecular weight excluding hydrogens is 334 g/mol. The SMILES string of the molecule is CCC(CNC(C)=O)c1cc(N)ccc1NCOC1=CC(=O)C=CC1=O. The standard InChI is InChI=1S/C19H23N3O4/c1-3-13(10-21-12(2)23)16-8-14(20)4-6-17(16)22-11-26-19-9-15(24)5-7-18(19)25/h4-9,13,22H,3,10-11,20H2,1-2H3,(H,21,23). The van der Waals surface area contributed by atoms with Crippen LogP contribution in [-0.2, 0) is 19.1 Å². The Morgan fingerprint density at radius 3 is 2.73 bits per heavy atom. The largest absolute Gasteiger partial charge is 0.469 e. The first-order valence-corrected chi connectivity index (χ1v) is 8.39. The quantitative estimate of drug-likeness (QED) is 0.372. The van der Waals surface area contributed by atoms with Gasteiger partial charge in [0.2, 0.25) is 11.7 Å². The molecule has 1 amide bonds. The molecule has 1 aromatic carbocycles. The molecule has 138 valence electrons. The van der Waals surface area contributed by atoms with E-state index in [4.69, 9.17) is 10.5 Å². The van der Waals surface area contributed by atoms with Gasteiger partial charge in [-0.25, -0.2) is 0 Å². The Morgan fingerprint density at radius 1 is 1.27 bits per heavy atom. The third kappa shape index (κ3) is 5.20. The van der Waals surface area contributed by atoms with E-state index in [9.17, 15) is 14.4 Å². The second-order valence-corrected chi connectivity index (χ2v) is 5.96. The Balaban J connectivity index is 2.08. The summed E-state index contributed by atoms with van der Waals surface area (Å²) in [4.78, 5) is 34.2. The molecule has 4 N–H and O–H groups in total. The molecular formula is C19H23N3O4. The van der Waals surface area contributed by atoms with Crippen LogP contribution in [0.3, 0.4) is 0 Å². The maximum absolute atomic E-state index is 11.7. The zero-order chi connectivity index (χ0) is 19.1. The van der Waals surface area contributed by atoms with Crippen LogP contribution in [0.5, 0.6) is 0 Å². The number of allylic oxidation sites excluding steroid dienone is 3. The molecule has 0 heterocycles. The van der Waals surface area contributed by atoms with Gasteiger partial charge in [0.05, 0.1) is 0 Å². The van der Waals surface area contributed by atoms with Crippen LogP contribution in [-0.4, -0.2) is 30.7 Å². The number of amides is 1. The number of anilines is 2. The van der Waals surface area contributed by atoms with Crippen molar-refractivity contribution in [2.24, 2.45) is 0 Å². The summed E-state index contributed by atoms with van der Waals surface area (Å²) < 4.78 is 5.39. The lowest BCUT2D eigenvalue weighted by Gasteiger charge is -2.21. The maximum Gasteiger partial charge on any atom is 0.220 e. The second-order valence-electron chi connectivity index (χ2n) is 5.96. The molecule has 0 aromatic heterocycles. The van der Waals surface area contributed by atoms with Crippen LogP contribution in [0.15, 0.2) is 42.2 Å². The average molecular weight is 357 g/mol. The number of hydrogen-bond donors (Lipinski definition) is 3. The lowest BCUT2D eigenvalue weighted by molar-refractivity contribution is -0.119. The lowest BCUT2D eigenvalue weighted by Crippen LogP contribution is -2.26. The molecule has 1 aliphatic carbocycles. The lowest BCUT2D eigenvalue weighted by atomic mass is 9.94. The van der Waals surface area contributed by atoms with Gasteiger partial charge in [0.1, 0.15) is 0 Å². The van der Waals surface area contributed by atoms with Gasteiger partial charge < -0.3 is 21.1 Å². The first kappa shape index (κ1) is 19.2. The van der Waals surface area contributed by atoms with E-state index in [-0.39, 0.29) is 35.9 Å². The number of nitrogen functional groups attached to an aromatic ring is 1. The molecule has 1 atom stereocenters. The summed E-state index contributed by atoms with van der Waals surface area (Å²) >= 11 is 0. The van der Waals surface area contributed by atoms with Crippen LogP contribution in [0.1, 0.15) is 31.7 Å². The number of carbonyl (C=O) groups is 3. The third-order valence-corrected chi connectivity index (χ3v) is 4.01. The van der Waals surface area contributed by atoms with E-state index in [1.165, 1.54) is 25.2 Å². The highest BCUT2D eigenvalue weighted by Gasteiger charge is 2.17. The number of nitrogens with one attached hydrogen (secondary N) is 2. The number of ketones is 2. The first-order valence-electron chi connectivity index (χ1n) is 8.39. The molecule has 7 heteroatoms. The molecule has 1 aliphatic rings. The molecule has 2 rings (SSSR count). The van der Waals surface area contributed by atoms with Gasteiger partial charge in [0.25, 0.3) is 0 Å². The Kier molecular flexibility index (Phi) is 6.54. The zero-order valence-corrected chi connectivity index (χ0v) is 14.9. The van der Waals surface area contributed by atoms with Crippen LogP contribution >= 0.6 is 0 Å². The predicted octanol–water partition coefficient (Wildman–Crippen LogP) is 1.88. The molecule has 7 nitrogen and oxygen atoms in total. The van der Waals surface area contributed by atoms with Gasteiger partial charge in [-0.1, -0.05) is 6.92 Å². The van der Waals surface area contributed by atoms with Crippen LogP contribution < -0.4 is 16.4 Å². The van der Waals surface area contributed by atoms with E-state index in [1.807, 2.05) is 19.1 Å². The van der Waals surface area contributed by atoms with Crippen molar-refractivity contribution in [3.63, 3.8) is 0 Å². The minimum Gasteiger partial charge on any atom is -0.469 e. The molecule has 0 saturated carbocycles. The van der Waals surface area contributed by atoms with Crippen molar-refractivity contribution < 1.29 is 19.1 Å². The van der Waals surface area contributed by atoms with Crippen molar-refractivity contribution in [2.45, 2.75) is 26.2 Å². The summed E-state index contributed by atoms with van der Waals surface area (Å²) in [7, 11) is 0. The molecule has 0 fully saturated rings. The molecule has 0 spiro atoms. The Morgan fingerprint density at radius 2 is 2.04 bits per heavy atom. The highest BCUT2D eigenvalue weighted by molar-refractivity contribution is 6.16. The first-order chi connectivity index (χ1) is 12.4. The van der Waals surface area contributed by atoms with Crippen molar-refractivity contribution in [2.75, 3.05) is 24.3 Å². The number of nitrogens with two attached hydrogens (primary N) is 1. The third-order valence-electron chi connectivity index (χ3n) is 4.01. The van der Waals surface area contributed by atoms with E-state index >= 15 is 0 Å². The molecule has 26 heavy (non-hydrogen) atoms. The van der Waals surface area contributed by atoms with Crippen molar-refractivity contribution in [1.29, 1.82) is 0 Å². The molecule has 1 unspecified atom stereocenters. The van der Waals surface area contributed by atoms with Crippen LogP contribution in [0, 0.1) is 0 Å². The van der Waals surface area contributed by atoms with Gasteiger partial charge in [-0.3, -0.25) is 14.4 Å². The molecule has 1 aromatic rings. The van der Waals surface area contributed by atoms with Crippen LogP contribution in [0.25, 0.3) is 0 Å². The number of carbonyl (C=O) groups excluding carboxylic acids is 3. The van der Waals surface area contributed by atoms with Crippen molar-refractivity contribution in [3.05, 3.63) is 47.7 Å². The predicted molar refractivity (Wildman–Crippen MR) is 99.4 cm³/mol. The van der Waals surface area contributed by atoms with Crippen LogP contribution in [0.4, 0.5) is 11.4 Å². The van der Waals surface area contributed by atoms with E-state index in [1.54, 1.807) is 6.07 Å². The monoisotopic (exact) mass is 357 g/mol. The fourth-order valence-corrected chi connectivity index (χ4v) is 2.61. The van der Waals surface area contributed by atoms with Crippen molar-refractivity contribution >= 4 is 28.8 Å². The summed E-state index contributed by atoms with van der Waals surface area (Å²) in [5, 5.41) is 5.93. The van der Waals surface area contributed by atoms with Crippen LogP contribution in [0.2, 0.25) is 0 Å². The number of hydrogen-bond acceptors (Lipinski definition) is 6. The Hall–Kier alpha value is -3.09. The van der Waals surface area contributed by atoms with Gasteiger partial charge in [-0.05, 0) is 42.3 Å². The van der Waals surface area contributed by atoms with Gasteiger partial charge in [-0.15, -0.1) is 0 Å². The second kappa shape index (κ2) is 8.84. The summed E-state index contributed by atoms with van der Waals surface area (Å²) in [6.07, 6.45) is 4.36. The number of rotatable bonds is 8. The molecule has 0 radical (unpaired) electrons. The average Bonchev–Trinajstić information content (AvgIpc) is 2.60. The summed E-state index contributed by atoms with van der Waals surface area (Å²) in [5.74, 6) is -0.641. The Bertz CT molecular complexity index is 768.